The second-order valence-corrected chi connectivity index (χ2v) is 11.8. The van der Waals surface area contributed by atoms with Crippen LogP contribution in [0.1, 0.15) is 52.0 Å². The Morgan fingerprint density at radius 2 is 1.53 bits per heavy atom. The van der Waals surface area contributed by atoms with Crippen molar-refractivity contribution in [1.82, 2.24) is 25.4 Å². The summed E-state index contributed by atoms with van der Waals surface area (Å²) >= 11 is 4.09. The first-order chi connectivity index (χ1) is 25.8. The number of hydrogen-bond donors (Lipinski definition) is 4. The van der Waals surface area contributed by atoms with Crippen molar-refractivity contribution in [2.24, 2.45) is 0 Å². The zero-order valence-electron chi connectivity index (χ0n) is 31.8. The van der Waals surface area contributed by atoms with Gasteiger partial charge in [0.15, 0.2) is 12.6 Å². The smallest absolute Gasteiger partial charge is 0.234 e. The number of ether oxygens (including phenoxy) is 4. The summed E-state index contributed by atoms with van der Waals surface area (Å²) < 4.78 is 24.7. The molecule has 13 nitrogen and oxygen atoms in total. The number of nitrogens with one attached hydrogen (secondary N) is 3. The molecule has 0 aliphatic carbocycles. The largest absolute Gasteiger partial charge is 0.489 e. The van der Waals surface area contributed by atoms with Gasteiger partial charge in [0.05, 0.1) is 45.2 Å². The molecule has 2 rings (SSSR count). The number of hydrogen-bond acceptors (Lipinski definition) is 13. The Bertz CT molecular complexity index is 1270. The molecular formula is C39H61N5O8S. The van der Waals surface area contributed by atoms with E-state index in [1.807, 2.05) is 13.1 Å². The lowest BCUT2D eigenvalue weighted by atomic mass is 10.1. The third-order valence-corrected chi connectivity index (χ3v) is 7.23. The van der Waals surface area contributed by atoms with Gasteiger partial charge in [-0.25, -0.2) is 5.01 Å². The third-order valence-electron chi connectivity index (χ3n) is 7.00. The maximum absolute atomic E-state index is 10.9. The number of hydrazine groups is 1. The second-order valence-electron chi connectivity index (χ2n) is 11.5. The number of unbranched alkanes of at least 4 members (excludes halogenated alkanes) is 1. The van der Waals surface area contributed by atoms with Gasteiger partial charge >= 0.3 is 0 Å². The monoisotopic (exact) mass is 759 g/mol. The van der Waals surface area contributed by atoms with E-state index >= 15 is 0 Å². The van der Waals surface area contributed by atoms with Gasteiger partial charge < -0.3 is 34.0 Å². The molecule has 14 heteroatoms. The highest BCUT2D eigenvalue weighted by atomic mass is 32.1. The van der Waals surface area contributed by atoms with Crippen LogP contribution < -0.4 is 20.2 Å². The number of nitrogens with zero attached hydrogens (tertiary/aromatic N) is 2. The predicted octanol–water partition coefficient (Wildman–Crippen LogP) is 3.96. The molecule has 0 heterocycles. The number of aldehydes is 3. The molecule has 1 amide bonds. The molecule has 0 saturated heterocycles. The number of carbonyl (C=O) groups excluding carboxylic acids is 4. The van der Waals surface area contributed by atoms with E-state index in [0.717, 1.165) is 51.0 Å². The van der Waals surface area contributed by atoms with Gasteiger partial charge in [0.1, 0.15) is 18.6 Å². The average Bonchev–Trinajstić information content (AvgIpc) is 3.16. The highest BCUT2D eigenvalue weighted by molar-refractivity contribution is 7.78. The first kappa shape index (κ1) is 49.1. The summed E-state index contributed by atoms with van der Waals surface area (Å²) in [6, 6.07) is 15.4. The van der Waals surface area contributed by atoms with E-state index in [1.54, 1.807) is 43.4 Å². The molecule has 296 valence electrons. The van der Waals surface area contributed by atoms with Crippen molar-refractivity contribution in [2.45, 2.75) is 32.1 Å². The number of thiol groups is 1. The number of amides is 1. The Kier molecular flexibility index (Phi) is 32.6. The lowest BCUT2D eigenvalue weighted by Crippen LogP contribution is -2.35. The van der Waals surface area contributed by atoms with Crippen LogP contribution >= 0.6 is 12.8 Å². The normalized spacial score (nSPS) is 10.2. The van der Waals surface area contributed by atoms with Gasteiger partial charge in [-0.2, -0.15) is 0 Å². The molecule has 0 fully saturated rings. The summed E-state index contributed by atoms with van der Waals surface area (Å²) in [7, 11) is 5.40. The van der Waals surface area contributed by atoms with Gasteiger partial charge in [0.25, 0.3) is 0 Å². The van der Waals surface area contributed by atoms with Crippen LogP contribution in [0.15, 0.2) is 73.5 Å². The first-order valence-corrected chi connectivity index (χ1v) is 18.1. The quantitative estimate of drug-likeness (QED) is 0.0313. The zero-order chi connectivity index (χ0) is 39.4. The molecule has 2 aromatic carbocycles. The summed E-state index contributed by atoms with van der Waals surface area (Å²) in [5, 5.41) is 4.62. The van der Waals surface area contributed by atoms with Gasteiger partial charge in [-0.1, -0.05) is 74.5 Å². The van der Waals surface area contributed by atoms with E-state index in [4.69, 9.17) is 18.9 Å². The van der Waals surface area contributed by atoms with E-state index in [9.17, 15) is 19.2 Å². The van der Waals surface area contributed by atoms with E-state index in [1.165, 1.54) is 5.56 Å². The van der Waals surface area contributed by atoms with Crippen molar-refractivity contribution in [3.63, 3.8) is 0 Å². The minimum atomic E-state index is -0.0446. The number of benzene rings is 2. The standard InChI is InChI=1S/C21H37N3O3S.C11H10O3.C7H14N2O2/c1-20(9-14-25-16-18-27-19-17-26-15-11-22-2)24(13-10-23-28)12-8-21-6-4-3-5-7-21;1-2-6-14-11-5-3-4-9(7-12)10(11)8-13;1-9(2)8-7(11)5-3-4-6-10/h3-7,22-23,28H,1,8-19H2,2H3;2-5,7-8H,1,6H2;6H,3-5H2,1-2H3,(H,8,11). The molecule has 0 atom stereocenters. The molecule has 3 N–H and O–H groups in total. The minimum absolute atomic E-state index is 0.0446. The Morgan fingerprint density at radius 1 is 0.849 bits per heavy atom. The van der Waals surface area contributed by atoms with Crippen molar-refractivity contribution >= 4 is 37.6 Å². The fourth-order valence-electron chi connectivity index (χ4n) is 4.30. The van der Waals surface area contributed by atoms with Gasteiger partial charge in [-0.05, 0) is 31.5 Å². The number of rotatable bonds is 29. The molecular weight excluding hydrogens is 699 g/mol. The van der Waals surface area contributed by atoms with E-state index in [-0.39, 0.29) is 11.5 Å². The second kappa shape index (κ2) is 35.2. The molecule has 2 aromatic rings. The molecule has 0 radical (unpaired) electrons. The Hall–Kier alpha value is -3.89. The summed E-state index contributed by atoms with van der Waals surface area (Å²) in [6.07, 6.45) is 6.95. The number of carbonyl (C=O) groups is 4. The molecule has 0 aromatic heterocycles. The fourth-order valence-corrected chi connectivity index (χ4v) is 4.40. The summed E-state index contributed by atoms with van der Waals surface area (Å²) in [5.74, 6) is 0.362. The zero-order valence-corrected chi connectivity index (χ0v) is 32.7. The van der Waals surface area contributed by atoms with Crippen LogP contribution in [-0.2, 0) is 30.2 Å². The van der Waals surface area contributed by atoms with Crippen LogP contribution in [-0.4, -0.2) is 128 Å². The highest BCUT2D eigenvalue weighted by Gasteiger charge is 2.09. The molecule has 0 aliphatic heterocycles. The fraction of sp³-hybridized carbons (Fsp3) is 0.487. The minimum Gasteiger partial charge on any atom is -0.489 e. The lowest BCUT2D eigenvalue weighted by molar-refractivity contribution is -0.124. The van der Waals surface area contributed by atoms with Crippen molar-refractivity contribution < 1.29 is 38.1 Å². The molecule has 0 spiro atoms. The average molecular weight is 760 g/mol. The summed E-state index contributed by atoms with van der Waals surface area (Å²) in [5.41, 5.74) is 5.63. The van der Waals surface area contributed by atoms with Gasteiger partial charge in [0.2, 0.25) is 5.91 Å². The summed E-state index contributed by atoms with van der Waals surface area (Å²) in [4.78, 5) is 44.3. The first-order valence-electron chi connectivity index (χ1n) is 17.7. The van der Waals surface area contributed by atoms with E-state index in [2.05, 4.69) is 70.6 Å². The Labute approximate surface area is 322 Å². The van der Waals surface area contributed by atoms with Crippen molar-refractivity contribution in [3.05, 3.63) is 90.2 Å². The van der Waals surface area contributed by atoms with E-state index < -0.39 is 0 Å². The maximum Gasteiger partial charge on any atom is 0.234 e. The van der Waals surface area contributed by atoms with Crippen LogP contribution in [0.25, 0.3) is 0 Å². The van der Waals surface area contributed by atoms with Gasteiger partial charge in [-0.15, -0.1) is 0 Å². The maximum atomic E-state index is 10.9. The topological polar surface area (TPSA) is 148 Å². The lowest BCUT2D eigenvalue weighted by Gasteiger charge is -2.27. The van der Waals surface area contributed by atoms with Crippen LogP contribution in [0.5, 0.6) is 5.75 Å². The summed E-state index contributed by atoms with van der Waals surface area (Å²) in [6.45, 7) is 15.3. The molecule has 0 bridgehead atoms. The Morgan fingerprint density at radius 3 is 2.11 bits per heavy atom. The van der Waals surface area contributed by atoms with E-state index in [0.29, 0.717) is 89.4 Å². The van der Waals surface area contributed by atoms with Crippen molar-refractivity contribution in [1.29, 1.82) is 0 Å². The number of likely N-dealkylation sites (N-methyl/N-ethyl adjacent to an activating group) is 1. The molecule has 0 aliphatic rings. The molecule has 53 heavy (non-hydrogen) atoms. The SMILES string of the molecule is C=C(CCOCCOCCOCCNC)N(CCNS)CCc1ccccc1.C=CCOc1cccc(C=O)c1C=O.CN(C)NC(=O)CCCC=O. The highest BCUT2D eigenvalue weighted by Crippen LogP contribution is 2.19. The van der Waals surface area contributed by atoms with Crippen LogP contribution in [0, 0.1) is 0 Å². The van der Waals surface area contributed by atoms with Crippen LogP contribution in [0.2, 0.25) is 0 Å². The van der Waals surface area contributed by atoms with Crippen molar-refractivity contribution in [3.8, 4) is 5.75 Å². The van der Waals surface area contributed by atoms with Gasteiger partial charge in [0, 0.05) is 70.8 Å². The van der Waals surface area contributed by atoms with Gasteiger partial charge in [-0.3, -0.25) is 24.5 Å². The Balaban J connectivity index is 0.000000893. The van der Waals surface area contributed by atoms with Crippen LogP contribution in [0.3, 0.4) is 0 Å². The third kappa shape index (κ3) is 27.4. The predicted molar refractivity (Wildman–Crippen MR) is 214 cm³/mol. The molecule has 0 saturated carbocycles. The van der Waals surface area contributed by atoms with Crippen molar-refractivity contribution in [2.75, 3.05) is 93.6 Å². The molecule has 0 unspecified atom stereocenters. The van der Waals surface area contributed by atoms with Crippen LogP contribution in [0.4, 0.5) is 0 Å².